The first-order valence-electron chi connectivity index (χ1n) is 9.24. The molecule has 0 saturated heterocycles. The van der Waals surface area contributed by atoms with E-state index in [4.69, 9.17) is 4.74 Å². The number of nitrogens with zero attached hydrogens (tertiary/aromatic N) is 1. The minimum atomic E-state index is -1.06. The smallest absolute Gasteiger partial charge is 0.306 e. The number of amides is 1. The monoisotopic (exact) mass is 395 g/mol. The number of H-pyrrole nitrogens is 1. The normalized spacial score (nSPS) is 11.8. The number of aryl methyl sites for hydroxylation is 1. The van der Waals surface area contributed by atoms with Gasteiger partial charge in [0.25, 0.3) is 11.6 Å². The van der Waals surface area contributed by atoms with Crippen molar-refractivity contribution in [2.75, 3.05) is 5.32 Å². The number of hydrogen-bond donors (Lipinski definition) is 2. The molecule has 1 heterocycles. The fourth-order valence-electron chi connectivity index (χ4n) is 3.04. The van der Waals surface area contributed by atoms with E-state index in [-0.39, 0.29) is 17.8 Å². The molecule has 150 valence electrons. The highest BCUT2D eigenvalue weighted by Crippen LogP contribution is 2.23. The average molecular weight is 395 g/mol. The van der Waals surface area contributed by atoms with Crippen LogP contribution in [0, 0.1) is 10.1 Å². The Balaban J connectivity index is 1.49. The number of aromatic nitrogens is 1. The van der Waals surface area contributed by atoms with Crippen LogP contribution in [0.2, 0.25) is 0 Å². The van der Waals surface area contributed by atoms with E-state index in [0.717, 1.165) is 16.5 Å². The maximum atomic E-state index is 12.2. The molecular weight excluding hydrogens is 374 g/mol. The minimum absolute atomic E-state index is 0.0599. The number of hydrogen-bond acceptors (Lipinski definition) is 5. The number of para-hydroxylation sites is 3. The summed E-state index contributed by atoms with van der Waals surface area (Å²) in [7, 11) is 0. The van der Waals surface area contributed by atoms with Gasteiger partial charge in [-0.2, -0.15) is 0 Å². The van der Waals surface area contributed by atoms with Gasteiger partial charge in [0.15, 0.2) is 6.10 Å². The standard InChI is InChI=1S/C21H21N3O5/c1-14(21(26)23-18-10-4-5-11-19(18)24(27)28)29-20(25)12-6-7-15-13-22-17-9-3-2-8-16(15)17/h2-5,8-11,13-14,22H,6-7,12H2,1H3,(H,23,26)/t14-/m1/s1. The minimum Gasteiger partial charge on any atom is -0.453 e. The number of carbonyl (C=O) groups is 2. The Morgan fingerprint density at radius 1 is 1.17 bits per heavy atom. The first kappa shape index (κ1) is 20.1. The molecule has 2 N–H and O–H groups in total. The molecule has 0 saturated carbocycles. The van der Waals surface area contributed by atoms with Gasteiger partial charge in [0, 0.05) is 29.6 Å². The number of fused-ring (bicyclic) bond motifs is 1. The number of nitro benzene ring substituents is 1. The SMILES string of the molecule is C[C@@H](OC(=O)CCCc1c[nH]c2ccccc12)C(=O)Nc1ccccc1[N+](=O)[O-]. The maximum Gasteiger partial charge on any atom is 0.306 e. The van der Waals surface area contributed by atoms with Crippen LogP contribution in [0.3, 0.4) is 0 Å². The summed E-state index contributed by atoms with van der Waals surface area (Å²) < 4.78 is 5.16. The van der Waals surface area contributed by atoms with Gasteiger partial charge in [0.05, 0.1) is 4.92 Å². The molecule has 0 fully saturated rings. The Labute approximate surface area is 167 Å². The average Bonchev–Trinajstić information content (AvgIpc) is 3.11. The van der Waals surface area contributed by atoms with E-state index >= 15 is 0 Å². The Morgan fingerprint density at radius 3 is 2.69 bits per heavy atom. The van der Waals surface area contributed by atoms with Crippen LogP contribution >= 0.6 is 0 Å². The summed E-state index contributed by atoms with van der Waals surface area (Å²) in [4.78, 5) is 37.9. The third-order valence-electron chi connectivity index (χ3n) is 4.54. The van der Waals surface area contributed by atoms with Gasteiger partial charge in [-0.1, -0.05) is 30.3 Å². The lowest BCUT2D eigenvalue weighted by molar-refractivity contribution is -0.383. The lowest BCUT2D eigenvalue weighted by Gasteiger charge is -2.13. The van der Waals surface area contributed by atoms with E-state index in [1.54, 1.807) is 6.07 Å². The van der Waals surface area contributed by atoms with E-state index in [1.165, 1.54) is 25.1 Å². The molecule has 2 aromatic carbocycles. The van der Waals surface area contributed by atoms with Crippen molar-refractivity contribution in [2.24, 2.45) is 0 Å². The van der Waals surface area contributed by atoms with Gasteiger partial charge in [-0.05, 0) is 37.5 Å². The second kappa shape index (κ2) is 9.01. The molecular formula is C21H21N3O5. The number of nitro groups is 1. The molecule has 0 spiro atoms. The van der Waals surface area contributed by atoms with Crippen LogP contribution in [0.5, 0.6) is 0 Å². The predicted octanol–water partition coefficient (Wildman–Crippen LogP) is 3.97. The number of nitrogens with one attached hydrogen (secondary N) is 2. The predicted molar refractivity (Wildman–Crippen MR) is 109 cm³/mol. The quantitative estimate of drug-likeness (QED) is 0.340. The highest BCUT2D eigenvalue weighted by Gasteiger charge is 2.21. The van der Waals surface area contributed by atoms with Crippen LogP contribution in [-0.4, -0.2) is 27.9 Å². The van der Waals surface area contributed by atoms with Crippen LogP contribution < -0.4 is 5.32 Å². The molecule has 3 rings (SSSR count). The van der Waals surface area contributed by atoms with E-state index in [0.29, 0.717) is 12.8 Å². The zero-order chi connectivity index (χ0) is 20.8. The zero-order valence-corrected chi connectivity index (χ0v) is 15.9. The van der Waals surface area contributed by atoms with Crippen LogP contribution in [0.1, 0.15) is 25.3 Å². The lowest BCUT2D eigenvalue weighted by Crippen LogP contribution is -2.30. The summed E-state index contributed by atoms with van der Waals surface area (Å²) in [5, 5.41) is 14.6. The van der Waals surface area contributed by atoms with Gasteiger partial charge in [0.1, 0.15) is 5.69 Å². The molecule has 0 radical (unpaired) electrons. The van der Waals surface area contributed by atoms with Gasteiger partial charge >= 0.3 is 5.97 Å². The lowest BCUT2D eigenvalue weighted by atomic mass is 10.1. The van der Waals surface area contributed by atoms with E-state index in [1.807, 2.05) is 30.5 Å². The van der Waals surface area contributed by atoms with Gasteiger partial charge in [-0.3, -0.25) is 19.7 Å². The Kier molecular flexibility index (Phi) is 6.23. The number of anilines is 1. The Hall–Kier alpha value is -3.68. The Bertz CT molecular complexity index is 1040. The second-order valence-electron chi connectivity index (χ2n) is 6.61. The van der Waals surface area contributed by atoms with Gasteiger partial charge in [-0.15, -0.1) is 0 Å². The highest BCUT2D eigenvalue weighted by molar-refractivity contribution is 5.96. The topological polar surface area (TPSA) is 114 Å². The highest BCUT2D eigenvalue weighted by atomic mass is 16.6. The van der Waals surface area contributed by atoms with Crippen molar-refractivity contribution >= 4 is 34.2 Å². The fourth-order valence-corrected chi connectivity index (χ4v) is 3.04. The molecule has 0 aliphatic heterocycles. The first-order valence-corrected chi connectivity index (χ1v) is 9.24. The summed E-state index contributed by atoms with van der Waals surface area (Å²) in [6.07, 6.45) is 2.33. The number of ether oxygens (including phenoxy) is 1. The number of carbonyl (C=O) groups excluding carboxylic acids is 2. The summed E-state index contributed by atoms with van der Waals surface area (Å²) in [5.41, 5.74) is 2.00. The molecule has 0 unspecified atom stereocenters. The van der Waals surface area contributed by atoms with Crippen molar-refractivity contribution in [3.8, 4) is 0 Å². The van der Waals surface area contributed by atoms with Crippen LogP contribution in [-0.2, 0) is 20.7 Å². The van der Waals surface area contributed by atoms with Gasteiger partial charge in [0.2, 0.25) is 0 Å². The van der Waals surface area contributed by atoms with Crippen LogP contribution in [0.15, 0.2) is 54.7 Å². The number of esters is 1. The van der Waals surface area contributed by atoms with Crippen molar-refractivity contribution < 1.29 is 19.2 Å². The summed E-state index contributed by atoms with van der Waals surface area (Å²) in [6, 6.07) is 13.7. The van der Waals surface area contributed by atoms with E-state index in [9.17, 15) is 19.7 Å². The molecule has 1 atom stereocenters. The molecule has 8 nitrogen and oxygen atoms in total. The van der Waals surface area contributed by atoms with Gasteiger partial charge in [-0.25, -0.2) is 0 Å². The fraction of sp³-hybridized carbons (Fsp3) is 0.238. The first-order chi connectivity index (χ1) is 14.0. The number of aromatic amines is 1. The van der Waals surface area contributed by atoms with Crippen LogP contribution in [0.25, 0.3) is 10.9 Å². The number of rotatable bonds is 8. The molecule has 1 aromatic heterocycles. The molecule has 1 amide bonds. The van der Waals surface area contributed by atoms with E-state index < -0.39 is 22.9 Å². The Morgan fingerprint density at radius 2 is 1.90 bits per heavy atom. The molecule has 29 heavy (non-hydrogen) atoms. The van der Waals surface area contributed by atoms with Gasteiger partial charge < -0.3 is 15.0 Å². The summed E-state index contributed by atoms with van der Waals surface area (Å²) in [6.45, 7) is 1.43. The van der Waals surface area contributed by atoms with Crippen LogP contribution in [0.4, 0.5) is 11.4 Å². The maximum absolute atomic E-state index is 12.2. The summed E-state index contributed by atoms with van der Waals surface area (Å²) in [5.74, 6) is -1.11. The second-order valence-corrected chi connectivity index (χ2v) is 6.61. The van der Waals surface area contributed by atoms with Crippen molar-refractivity contribution in [3.05, 3.63) is 70.4 Å². The molecule has 0 aliphatic rings. The van der Waals surface area contributed by atoms with E-state index in [2.05, 4.69) is 10.3 Å². The van der Waals surface area contributed by atoms with Crippen molar-refractivity contribution in [1.82, 2.24) is 4.98 Å². The third-order valence-corrected chi connectivity index (χ3v) is 4.54. The molecule has 0 bridgehead atoms. The van der Waals surface area contributed by atoms with Crippen molar-refractivity contribution in [3.63, 3.8) is 0 Å². The molecule has 0 aliphatic carbocycles. The summed E-state index contributed by atoms with van der Waals surface area (Å²) >= 11 is 0. The van der Waals surface area contributed by atoms with Crippen molar-refractivity contribution in [1.29, 1.82) is 0 Å². The largest absolute Gasteiger partial charge is 0.453 e. The number of benzene rings is 2. The van der Waals surface area contributed by atoms with Crippen molar-refractivity contribution in [2.45, 2.75) is 32.3 Å². The third kappa shape index (κ3) is 4.98. The molecule has 3 aromatic rings. The molecule has 8 heteroatoms. The zero-order valence-electron chi connectivity index (χ0n) is 15.9.